The standard InChI is InChI=1S/C24H36BF2NO5S/c1-9-31-18(29)13-17(28-34(30)22(2,3)4)19-20(26)15(14-10-11-14)12-16(21(19)27)25-32-23(5,6)24(7,8)33-25/h12,14,17,28H,9-11,13H2,1-8H3/t17-,34?/m0/s1. The molecule has 10 heteroatoms. The van der Waals surface area contributed by atoms with Gasteiger partial charge in [0.25, 0.3) is 0 Å². The molecule has 6 nitrogen and oxygen atoms in total. The molecule has 1 saturated heterocycles. The van der Waals surface area contributed by atoms with Crippen molar-refractivity contribution in [2.45, 2.75) is 103 Å². The molecule has 3 rings (SSSR count). The highest BCUT2D eigenvalue weighted by Crippen LogP contribution is 2.44. The number of carbonyl (C=O) groups is 1. The number of rotatable bonds is 8. The summed E-state index contributed by atoms with van der Waals surface area (Å²) in [5.41, 5.74) is -1.32. The van der Waals surface area contributed by atoms with E-state index < -0.39 is 58.1 Å². The zero-order valence-electron chi connectivity index (χ0n) is 21.3. The molecule has 1 heterocycles. The molecule has 2 aliphatic rings. The molecule has 1 saturated carbocycles. The van der Waals surface area contributed by atoms with Crippen molar-refractivity contribution < 1.29 is 32.2 Å². The van der Waals surface area contributed by atoms with E-state index in [1.807, 2.05) is 27.7 Å². The van der Waals surface area contributed by atoms with Gasteiger partial charge in [-0.15, -0.1) is 4.72 Å². The van der Waals surface area contributed by atoms with Crippen LogP contribution in [-0.2, 0) is 30.2 Å². The largest absolute Gasteiger partial charge is 0.598 e. The number of esters is 1. The lowest BCUT2D eigenvalue weighted by Crippen LogP contribution is -2.44. The van der Waals surface area contributed by atoms with Gasteiger partial charge in [0.15, 0.2) is 0 Å². The third kappa shape index (κ3) is 5.62. The van der Waals surface area contributed by atoms with Crippen LogP contribution in [0.4, 0.5) is 8.78 Å². The third-order valence-electron chi connectivity index (χ3n) is 6.65. The van der Waals surface area contributed by atoms with Gasteiger partial charge in [0.1, 0.15) is 16.4 Å². The Morgan fingerprint density at radius 1 is 1.24 bits per heavy atom. The van der Waals surface area contributed by atoms with E-state index in [0.29, 0.717) is 5.56 Å². The Morgan fingerprint density at radius 3 is 2.26 bits per heavy atom. The molecular weight excluding hydrogens is 463 g/mol. The normalized spacial score (nSPS) is 21.4. The Morgan fingerprint density at radius 2 is 1.79 bits per heavy atom. The van der Waals surface area contributed by atoms with Gasteiger partial charge in [-0.05, 0) is 79.7 Å². The fourth-order valence-electron chi connectivity index (χ4n) is 3.74. The molecule has 0 amide bonds. The van der Waals surface area contributed by atoms with Gasteiger partial charge in [-0.2, -0.15) is 0 Å². The van der Waals surface area contributed by atoms with Crippen LogP contribution in [0.3, 0.4) is 0 Å². The van der Waals surface area contributed by atoms with E-state index in [-0.39, 0.29) is 30.0 Å². The number of benzene rings is 1. The monoisotopic (exact) mass is 499 g/mol. The first-order valence-electron chi connectivity index (χ1n) is 11.8. The summed E-state index contributed by atoms with van der Waals surface area (Å²) in [7, 11) is -1.04. The van der Waals surface area contributed by atoms with Crippen molar-refractivity contribution in [1.82, 2.24) is 4.72 Å². The van der Waals surface area contributed by atoms with E-state index in [0.717, 1.165) is 12.8 Å². The smallest absolute Gasteiger partial charge is 0.497 e. The van der Waals surface area contributed by atoms with Crippen molar-refractivity contribution in [1.29, 1.82) is 0 Å². The van der Waals surface area contributed by atoms with Crippen molar-refractivity contribution in [3.8, 4) is 0 Å². The first-order valence-corrected chi connectivity index (χ1v) is 12.9. The minimum absolute atomic E-state index is 0.0446. The zero-order valence-corrected chi connectivity index (χ0v) is 22.2. The maximum absolute atomic E-state index is 16.1. The predicted molar refractivity (Wildman–Crippen MR) is 129 cm³/mol. The van der Waals surface area contributed by atoms with Crippen molar-refractivity contribution in [3.63, 3.8) is 0 Å². The van der Waals surface area contributed by atoms with Gasteiger partial charge in [0.05, 0.1) is 30.3 Å². The van der Waals surface area contributed by atoms with Crippen molar-refractivity contribution in [2.75, 3.05) is 6.61 Å². The van der Waals surface area contributed by atoms with Crippen molar-refractivity contribution >= 4 is 29.9 Å². The fourth-order valence-corrected chi connectivity index (χ4v) is 4.55. The zero-order chi connectivity index (χ0) is 25.6. The second kappa shape index (κ2) is 9.69. The lowest BCUT2D eigenvalue weighted by atomic mass is 9.75. The van der Waals surface area contributed by atoms with Crippen LogP contribution in [-0.4, -0.2) is 40.2 Å². The molecule has 1 N–H and O–H groups in total. The molecule has 0 radical (unpaired) electrons. The lowest BCUT2D eigenvalue weighted by Gasteiger charge is -2.32. The summed E-state index contributed by atoms with van der Waals surface area (Å²) in [6.07, 6.45) is 1.20. The van der Waals surface area contributed by atoms with E-state index in [1.54, 1.807) is 27.7 Å². The molecule has 2 atom stereocenters. The number of nitrogens with one attached hydrogen (secondary N) is 1. The molecule has 2 fully saturated rings. The maximum Gasteiger partial charge on any atom is 0.497 e. The van der Waals surface area contributed by atoms with Crippen LogP contribution in [0.1, 0.15) is 97.7 Å². The van der Waals surface area contributed by atoms with E-state index in [4.69, 9.17) is 14.0 Å². The first-order chi connectivity index (χ1) is 15.6. The molecule has 1 aliphatic carbocycles. The van der Waals surface area contributed by atoms with E-state index in [1.165, 1.54) is 6.07 Å². The van der Waals surface area contributed by atoms with Crippen LogP contribution >= 0.6 is 0 Å². The SMILES string of the molecule is CCOC(=O)C[C@H](N[S+]([O-])C(C)(C)C)c1c(F)c(B2OC(C)(C)C(C)(C)O2)cc(C2CC2)c1F. The van der Waals surface area contributed by atoms with Crippen LogP contribution in [0.15, 0.2) is 6.07 Å². The Labute approximate surface area is 204 Å². The van der Waals surface area contributed by atoms with Crippen molar-refractivity contribution in [3.05, 3.63) is 28.8 Å². The molecule has 0 spiro atoms. The maximum atomic E-state index is 16.1. The topological polar surface area (TPSA) is 79.9 Å². The highest BCUT2D eigenvalue weighted by atomic mass is 32.2. The Hall–Kier alpha value is -1.20. The average molecular weight is 499 g/mol. The molecule has 0 bridgehead atoms. The van der Waals surface area contributed by atoms with Crippen LogP contribution < -0.4 is 10.2 Å². The van der Waals surface area contributed by atoms with Gasteiger partial charge in [0, 0.05) is 22.4 Å². The van der Waals surface area contributed by atoms with Crippen LogP contribution in [0.5, 0.6) is 0 Å². The summed E-state index contributed by atoms with van der Waals surface area (Å²) in [6, 6.07) is 0.287. The summed E-state index contributed by atoms with van der Waals surface area (Å²) < 4.78 is 64.0. The molecule has 1 unspecified atom stereocenters. The lowest BCUT2D eigenvalue weighted by molar-refractivity contribution is -0.143. The molecule has 34 heavy (non-hydrogen) atoms. The minimum atomic E-state index is -1.69. The molecule has 190 valence electrons. The van der Waals surface area contributed by atoms with Gasteiger partial charge in [-0.25, -0.2) is 8.78 Å². The molecule has 1 aromatic rings. The predicted octanol–water partition coefficient (Wildman–Crippen LogP) is 4.19. The molecular formula is C24H36BF2NO5S. The molecule has 1 aromatic carbocycles. The minimum Gasteiger partial charge on any atom is -0.598 e. The van der Waals surface area contributed by atoms with Gasteiger partial charge >= 0.3 is 13.1 Å². The summed E-state index contributed by atoms with van der Waals surface area (Å²) in [5, 5.41) is 0. The van der Waals surface area contributed by atoms with E-state index in [9.17, 15) is 9.35 Å². The van der Waals surface area contributed by atoms with Crippen LogP contribution in [0.25, 0.3) is 0 Å². The number of carbonyl (C=O) groups excluding carboxylic acids is 1. The first kappa shape index (κ1) is 27.4. The van der Waals surface area contributed by atoms with Gasteiger partial charge < -0.3 is 18.6 Å². The summed E-state index contributed by atoms with van der Waals surface area (Å²) in [4.78, 5) is 12.4. The highest BCUT2D eigenvalue weighted by Gasteiger charge is 2.53. The van der Waals surface area contributed by atoms with Crippen molar-refractivity contribution in [2.24, 2.45) is 0 Å². The van der Waals surface area contributed by atoms with Crippen LogP contribution in [0.2, 0.25) is 0 Å². The molecule has 0 aromatic heterocycles. The highest BCUT2D eigenvalue weighted by molar-refractivity contribution is 7.90. The Kier molecular flexibility index (Phi) is 7.81. The quantitative estimate of drug-likeness (QED) is 0.328. The molecule has 1 aliphatic heterocycles. The number of hydrogen-bond acceptors (Lipinski definition) is 6. The van der Waals surface area contributed by atoms with Crippen LogP contribution in [0, 0.1) is 11.6 Å². The van der Waals surface area contributed by atoms with Gasteiger partial charge in [0.2, 0.25) is 0 Å². The van der Waals surface area contributed by atoms with E-state index in [2.05, 4.69) is 4.72 Å². The number of ether oxygens (including phenoxy) is 1. The average Bonchev–Trinajstić information content (AvgIpc) is 3.48. The number of halogens is 2. The fraction of sp³-hybridized carbons (Fsp3) is 0.708. The summed E-state index contributed by atoms with van der Waals surface area (Å²) in [5.74, 6) is -2.28. The Balaban J connectivity index is 2.12. The van der Waals surface area contributed by atoms with Gasteiger partial charge in [-0.3, -0.25) is 4.79 Å². The van der Waals surface area contributed by atoms with E-state index >= 15 is 8.78 Å². The third-order valence-corrected chi connectivity index (χ3v) is 8.26. The second-order valence-corrected chi connectivity index (χ2v) is 13.0. The Bertz CT molecular complexity index is 917. The summed E-state index contributed by atoms with van der Waals surface area (Å²) in [6.45, 7) is 14.4. The number of hydrogen-bond donors (Lipinski definition) is 1. The second-order valence-electron chi connectivity index (χ2n) is 11.0. The van der Waals surface area contributed by atoms with Gasteiger partial charge in [-0.1, -0.05) is 6.07 Å². The summed E-state index contributed by atoms with van der Waals surface area (Å²) >= 11 is -1.69.